The molecule has 0 atom stereocenters. The number of nitrogens with one attached hydrogen (secondary N) is 1. The van der Waals surface area contributed by atoms with Crippen molar-refractivity contribution in [2.24, 2.45) is 5.92 Å². The van der Waals surface area contributed by atoms with Crippen LogP contribution in [0.15, 0.2) is 72.8 Å². The Labute approximate surface area is 218 Å². The van der Waals surface area contributed by atoms with Crippen molar-refractivity contribution in [3.05, 3.63) is 94.8 Å². The molecule has 6 heteroatoms. The van der Waals surface area contributed by atoms with Gasteiger partial charge in [-0.2, -0.15) is 0 Å². The zero-order valence-corrected chi connectivity index (χ0v) is 21.5. The number of hydrogen-bond acceptors (Lipinski definition) is 3. The molecule has 0 radical (unpaired) electrons. The SMILES string of the molecule is CC1CCC(c2cccc(NC(=O)c3ccc(F)c(Cl)c3)c2)(N2CCN(c3ccccc3)CC2)CC1. The van der Waals surface area contributed by atoms with Crippen molar-refractivity contribution in [2.45, 2.75) is 38.1 Å². The first kappa shape index (κ1) is 24.8. The van der Waals surface area contributed by atoms with Crippen LogP contribution in [0.1, 0.15) is 48.5 Å². The second-order valence-electron chi connectivity index (χ2n) is 10.2. The lowest BCUT2D eigenvalue weighted by Gasteiger charge is -2.51. The number of hydrogen-bond donors (Lipinski definition) is 1. The summed E-state index contributed by atoms with van der Waals surface area (Å²) in [4.78, 5) is 18.0. The monoisotopic (exact) mass is 505 g/mol. The van der Waals surface area contributed by atoms with Crippen molar-refractivity contribution in [1.29, 1.82) is 0 Å². The third-order valence-electron chi connectivity index (χ3n) is 7.95. The maximum Gasteiger partial charge on any atom is 0.255 e. The third kappa shape index (κ3) is 5.14. The molecule has 1 aliphatic heterocycles. The number of para-hydroxylation sites is 1. The van der Waals surface area contributed by atoms with Gasteiger partial charge < -0.3 is 10.2 Å². The van der Waals surface area contributed by atoms with Crippen LogP contribution in [0.4, 0.5) is 15.8 Å². The molecule has 0 spiro atoms. The normalized spacial score (nSPS) is 22.9. The van der Waals surface area contributed by atoms with E-state index in [1.54, 1.807) is 0 Å². The molecule has 2 fully saturated rings. The fourth-order valence-corrected chi connectivity index (χ4v) is 5.97. The number of piperazine rings is 1. The van der Waals surface area contributed by atoms with Crippen LogP contribution in [0.25, 0.3) is 0 Å². The van der Waals surface area contributed by atoms with Gasteiger partial charge in [-0.15, -0.1) is 0 Å². The Balaban J connectivity index is 1.37. The minimum absolute atomic E-state index is 0.0325. The van der Waals surface area contributed by atoms with Gasteiger partial charge in [-0.05, 0) is 79.6 Å². The van der Waals surface area contributed by atoms with Crippen LogP contribution in [0.5, 0.6) is 0 Å². The van der Waals surface area contributed by atoms with Crippen LogP contribution in [0.3, 0.4) is 0 Å². The van der Waals surface area contributed by atoms with Gasteiger partial charge in [-0.3, -0.25) is 9.69 Å². The average molecular weight is 506 g/mol. The van der Waals surface area contributed by atoms with Crippen LogP contribution >= 0.6 is 11.6 Å². The molecular weight excluding hydrogens is 473 g/mol. The van der Waals surface area contributed by atoms with Gasteiger partial charge in [0.05, 0.1) is 5.02 Å². The molecule has 1 heterocycles. The number of nitrogens with zero attached hydrogens (tertiary/aromatic N) is 2. The minimum atomic E-state index is -0.531. The van der Waals surface area contributed by atoms with Crippen LogP contribution in [0.2, 0.25) is 5.02 Å². The average Bonchev–Trinajstić information content (AvgIpc) is 2.91. The maximum atomic E-state index is 13.5. The highest BCUT2D eigenvalue weighted by atomic mass is 35.5. The van der Waals surface area contributed by atoms with Crippen LogP contribution in [0, 0.1) is 11.7 Å². The first-order valence-corrected chi connectivity index (χ1v) is 13.2. The summed E-state index contributed by atoms with van der Waals surface area (Å²) in [7, 11) is 0. The van der Waals surface area contributed by atoms with Crippen molar-refractivity contribution >= 4 is 28.9 Å². The molecule has 1 aliphatic carbocycles. The highest BCUT2D eigenvalue weighted by Gasteiger charge is 2.42. The van der Waals surface area contributed by atoms with E-state index < -0.39 is 5.82 Å². The maximum absolute atomic E-state index is 13.5. The first-order valence-electron chi connectivity index (χ1n) is 12.9. The summed E-state index contributed by atoms with van der Waals surface area (Å²) in [5.41, 5.74) is 3.60. The molecule has 5 rings (SSSR count). The molecule has 3 aromatic carbocycles. The minimum Gasteiger partial charge on any atom is -0.369 e. The molecule has 4 nitrogen and oxygen atoms in total. The summed E-state index contributed by atoms with van der Waals surface area (Å²) in [5.74, 6) is -0.0947. The fraction of sp³-hybridized carbons (Fsp3) is 0.367. The summed E-state index contributed by atoms with van der Waals surface area (Å²) in [6, 6.07) is 23.0. The Bertz CT molecular complexity index is 1200. The molecule has 1 saturated carbocycles. The van der Waals surface area contributed by atoms with Crippen molar-refractivity contribution < 1.29 is 9.18 Å². The van der Waals surface area contributed by atoms with Gasteiger partial charge in [0.25, 0.3) is 5.91 Å². The molecule has 0 unspecified atom stereocenters. The highest BCUT2D eigenvalue weighted by molar-refractivity contribution is 6.31. The van der Waals surface area contributed by atoms with Crippen molar-refractivity contribution in [1.82, 2.24) is 4.90 Å². The fourth-order valence-electron chi connectivity index (χ4n) is 5.79. The van der Waals surface area contributed by atoms with Gasteiger partial charge in [0.1, 0.15) is 5.82 Å². The van der Waals surface area contributed by atoms with Gasteiger partial charge in [0.2, 0.25) is 0 Å². The van der Waals surface area contributed by atoms with Crippen LogP contribution in [-0.4, -0.2) is 37.0 Å². The molecule has 36 heavy (non-hydrogen) atoms. The highest BCUT2D eigenvalue weighted by Crippen LogP contribution is 2.45. The molecule has 0 aromatic heterocycles. The largest absolute Gasteiger partial charge is 0.369 e. The summed E-state index contributed by atoms with van der Waals surface area (Å²) < 4.78 is 13.5. The predicted molar refractivity (Wildman–Crippen MR) is 145 cm³/mol. The van der Waals surface area contributed by atoms with Gasteiger partial charge in [-0.1, -0.05) is 48.9 Å². The molecule has 2 aliphatic rings. The molecule has 1 saturated heterocycles. The molecule has 0 bridgehead atoms. The Morgan fingerprint density at radius 1 is 0.944 bits per heavy atom. The lowest BCUT2D eigenvalue weighted by atomic mass is 9.71. The van der Waals surface area contributed by atoms with Crippen molar-refractivity contribution in [2.75, 3.05) is 36.4 Å². The summed E-state index contributed by atoms with van der Waals surface area (Å²) in [6.45, 7) is 6.37. The Kier molecular flexibility index (Phi) is 7.31. The Morgan fingerprint density at radius 2 is 1.67 bits per heavy atom. The van der Waals surface area contributed by atoms with E-state index in [0.29, 0.717) is 5.56 Å². The lowest BCUT2D eigenvalue weighted by Crippen LogP contribution is -2.56. The standard InChI is InChI=1S/C30H33ClFN3O/c1-22-12-14-30(15-13-22,35-18-16-34(17-19-35)26-8-3-2-4-9-26)24-6-5-7-25(21-24)33-29(36)23-10-11-28(32)27(31)20-23/h2-11,20-22H,12-19H2,1H3,(H,33,36). The van der Waals surface area contributed by atoms with E-state index >= 15 is 0 Å². The number of rotatable bonds is 5. The second kappa shape index (κ2) is 10.6. The van der Waals surface area contributed by atoms with Gasteiger partial charge in [0, 0.05) is 48.7 Å². The summed E-state index contributed by atoms with van der Waals surface area (Å²) in [5, 5.41) is 2.94. The Morgan fingerprint density at radius 3 is 2.36 bits per heavy atom. The number of anilines is 2. The Hall–Kier alpha value is -2.89. The van der Waals surface area contributed by atoms with Crippen molar-refractivity contribution in [3.63, 3.8) is 0 Å². The van der Waals surface area contributed by atoms with Crippen LogP contribution < -0.4 is 10.2 Å². The predicted octanol–water partition coefficient (Wildman–Crippen LogP) is 6.96. The quantitative estimate of drug-likeness (QED) is 0.407. The first-order chi connectivity index (χ1) is 17.4. The number of benzene rings is 3. The van der Waals surface area contributed by atoms with Crippen molar-refractivity contribution in [3.8, 4) is 0 Å². The lowest BCUT2D eigenvalue weighted by molar-refractivity contribution is 0.0299. The van der Waals surface area contributed by atoms with E-state index in [0.717, 1.165) is 50.6 Å². The molecule has 1 amide bonds. The van der Waals surface area contributed by atoms with E-state index in [2.05, 4.69) is 64.5 Å². The van der Waals surface area contributed by atoms with Gasteiger partial charge in [0.15, 0.2) is 0 Å². The molecule has 188 valence electrons. The topological polar surface area (TPSA) is 35.6 Å². The number of carbonyl (C=O) groups excluding carboxylic acids is 1. The number of carbonyl (C=O) groups is 1. The second-order valence-corrected chi connectivity index (χ2v) is 10.6. The number of halogens is 2. The van der Waals surface area contributed by atoms with Gasteiger partial charge in [-0.25, -0.2) is 4.39 Å². The zero-order valence-electron chi connectivity index (χ0n) is 20.7. The summed E-state index contributed by atoms with van der Waals surface area (Å²) in [6.07, 6.45) is 4.63. The van der Waals surface area contributed by atoms with E-state index in [1.165, 1.54) is 42.3 Å². The third-order valence-corrected chi connectivity index (χ3v) is 8.24. The van der Waals surface area contributed by atoms with E-state index in [4.69, 9.17) is 11.6 Å². The number of amides is 1. The van der Waals surface area contributed by atoms with Gasteiger partial charge >= 0.3 is 0 Å². The van der Waals surface area contributed by atoms with E-state index in [9.17, 15) is 9.18 Å². The van der Waals surface area contributed by atoms with E-state index in [-0.39, 0.29) is 16.5 Å². The van der Waals surface area contributed by atoms with Crippen LogP contribution in [-0.2, 0) is 5.54 Å². The van der Waals surface area contributed by atoms with E-state index in [1.807, 2.05) is 12.1 Å². The molecule has 3 aromatic rings. The summed E-state index contributed by atoms with van der Waals surface area (Å²) >= 11 is 5.89. The smallest absolute Gasteiger partial charge is 0.255 e. The zero-order chi connectivity index (χ0) is 25.1. The molecule has 1 N–H and O–H groups in total. The molecular formula is C30H33ClFN3O.